The number of carbonyl (C=O) groups is 2. The van der Waals surface area contributed by atoms with Gasteiger partial charge in [-0.1, -0.05) is 30.3 Å². The topological polar surface area (TPSA) is 92.4 Å². The lowest BCUT2D eigenvalue weighted by molar-refractivity contribution is -0.139. The molecule has 0 unspecified atom stereocenters. The Hall–Kier alpha value is -3.26. The number of aromatic nitrogens is 2. The van der Waals surface area contributed by atoms with Gasteiger partial charge in [0.2, 0.25) is 11.9 Å². The smallest absolute Gasteiger partial charge is 0.273 e. The van der Waals surface area contributed by atoms with Gasteiger partial charge >= 0.3 is 0 Å². The molecule has 1 saturated heterocycles. The van der Waals surface area contributed by atoms with Crippen molar-refractivity contribution in [1.29, 1.82) is 0 Å². The molecular weight excluding hydrogens is 410 g/mol. The van der Waals surface area contributed by atoms with Gasteiger partial charge in [0.25, 0.3) is 5.91 Å². The Morgan fingerprint density at radius 1 is 1.19 bits per heavy atom. The standard InChI is InChI=1S/C23H25N5O2S/c1-3-27-10-11-28(21(29)18-13-15(2)25-23(24)26-18)19(22(27)30)14-16-6-8-17(9-7-16)20-5-4-12-31-20/h4-9,12-13,19H,3,10-11,14H2,1-2H3,(H2,24,25,26)/t19-/m1/s1. The van der Waals surface area contributed by atoms with Gasteiger partial charge < -0.3 is 15.5 Å². The van der Waals surface area contributed by atoms with Gasteiger partial charge in [-0.3, -0.25) is 9.59 Å². The van der Waals surface area contributed by atoms with Crippen LogP contribution in [0.2, 0.25) is 0 Å². The lowest BCUT2D eigenvalue weighted by Crippen LogP contribution is -2.59. The predicted molar refractivity (Wildman–Crippen MR) is 122 cm³/mol. The normalized spacial score (nSPS) is 16.6. The summed E-state index contributed by atoms with van der Waals surface area (Å²) in [7, 11) is 0. The van der Waals surface area contributed by atoms with Crippen molar-refractivity contribution in [2.45, 2.75) is 26.3 Å². The summed E-state index contributed by atoms with van der Waals surface area (Å²) in [5.74, 6) is -0.271. The molecule has 1 aliphatic rings. The molecular formula is C23H25N5O2S. The molecule has 4 rings (SSSR count). The summed E-state index contributed by atoms with van der Waals surface area (Å²) in [6.07, 6.45) is 0.450. The predicted octanol–water partition coefficient (Wildman–Crippen LogP) is 3.01. The van der Waals surface area contributed by atoms with Gasteiger partial charge in [0.05, 0.1) is 0 Å². The molecule has 3 heterocycles. The molecule has 0 bridgehead atoms. The Morgan fingerprint density at radius 3 is 2.61 bits per heavy atom. The first kappa shape index (κ1) is 21.0. The van der Waals surface area contributed by atoms with Crippen LogP contribution in [0.25, 0.3) is 10.4 Å². The van der Waals surface area contributed by atoms with Gasteiger partial charge in [-0.05, 0) is 42.5 Å². The van der Waals surface area contributed by atoms with Gasteiger partial charge in [0, 0.05) is 36.6 Å². The third-order valence-corrected chi connectivity index (χ3v) is 6.42. The van der Waals surface area contributed by atoms with Gasteiger partial charge in [-0.15, -0.1) is 11.3 Å². The van der Waals surface area contributed by atoms with Crippen molar-refractivity contribution in [2.24, 2.45) is 0 Å². The second-order valence-electron chi connectivity index (χ2n) is 7.56. The first-order chi connectivity index (χ1) is 15.0. The van der Waals surface area contributed by atoms with Crippen LogP contribution < -0.4 is 5.73 Å². The minimum atomic E-state index is -0.578. The molecule has 1 aliphatic heterocycles. The zero-order valence-electron chi connectivity index (χ0n) is 17.6. The SMILES string of the molecule is CCN1CCN(C(=O)c2cc(C)nc(N)n2)[C@H](Cc2ccc(-c3cccs3)cc2)C1=O. The average molecular weight is 436 g/mol. The van der Waals surface area contributed by atoms with Crippen molar-refractivity contribution in [3.63, 3.8) is 0 Å². The molecule has 2 aromatic heterocycles. The summed E-state index contributed by atoms with van der Waals surface area (Å²) < 4.78 is 0. The fourth-order valence-corrected chi connectivity index (χ4v) is 4.65. The molecule has 1 fully saturated rings. The van der Waals surface area contributed by atoms with Crippen LogP contribution in [-0.4, -0.2) is 57.3 Å². The number of anilines is 1. The van der Waals surface area contributed by atoms with E-state index >= 15 is 0 Å². The molecule has 0 saturated carbocycles. The van der Waals surface area contributed by atoms with E-state index in [1.807, 2.05) is 30.5 Å². The Labute approximate surface area is 185 Å². The lowest BCUT2D eigenvalue weighted by Gasteiger charge is -2.40. The molecule has 1 aromatic carbocycles. The van der Waals surface area contributed by atoms with Gasteiger partial charge in [-0.2, -0.15) is 0 Å². The fourth-order valence-electron chi connectivity index (χ4n) is 3.91. The number of nitrogens with zero attached hydrogens (tertiary/aromatic N) is 4. The Morgan fingerprint density at radius 2 is 1.97 bits per heavy atom. The highest BCUT2D eigenvalue weighted by atomic mass is 32.1. The first-order valence-electron chi connectivity index (χ1n) is 10.3. The maximum absolute atomic E-state index is 13.3. The van der Waals surface area contributed by atoms with Crippen LogP contribution in [0.3, 0.4) is 0 Å². The van der Waals surface area contributed by atoms with Crippen molar-refractivity contribution < 1.29 is 9.59 Å². The number of likely N-dealkylation sites (N-methyl/N-ethyl adjacent to an activating group) is 1. The zero-order chi connectivity index (χ0) is 22.0. The van der Waals surface area contributed by atoms with Crippen molar-refractivity contribution >= 4 is 29.1 Å². The number of benzene rings is 1. The van der Waals surface area contributed by atoms with Crippen LogP contribution in [-0.2, 0) is 11.2 Å². The number of thiophene rings is 1. The van der Waals surface area contributed by atoms with E-state index in [1.54, 1.807) is 34.1 Å². The summed E-state index contributed by atoms with van der Waals surface area (Å²) in [6, 6.07) is 13.3. The third kappa shape index (κ3) is 4.44. The van der Waals surface area contributed by atoms with Crippen LogP contribution in [0.4, 0.5) is 5.95 Å². The molecule has 8 heteroatoms. The van der Waals surface area contributed by atoms with E-state index in [0.717, 1.165) is 11.1 Å². The number of rotatable bonds is 5. The van der Waals surface area contributed by atoms with E-state index < -0.39 is 6.04 Å². The van der Waals surface area contributed by atoms with Crippen molar-refractivity contribution in [3.05, 3.63) is 64.8 Å². The largest absolute Gasteiger partial charge is 0.368 e. The van der Waals surface area contributed by atoms with E-state index in [2.05, 4.69) is 28.2 Å². The van der Waals surface area contributed by atoms with E-state index in [-0.39, 0.29) is 23.5 Å². The maximum Gasteiger partial charge on any atom is 0.273 e. The number of hydrogen-bond acceptors (Lipinski definition) is 6. The Balaban J connectivity index is 1.60. The van der Waals surface area contributed by atoms with Gasteiger partial charge in [0.15, 0.2) is 0 Å². The fraction of sp³-hybridized carbons (Fsp3) is 0.304. The summed E-state index contributed by atoms with van der Waals surface area (Å²) in [6.45, 7) is 5.31. The van der Waals surface area contributed by atoms with Crippen LogP contribution in [0, 0.1) is 6.92 Å². The van der Waals surface area contributed by atoms with E-state index in [1.165, 1.54) is 4.88 Å². The Bertz CT molecular complexity index is 1060. The monoisotopic (exact) mass is 435 g/mol. The molecule has 2 N–H and O–H groups in total. The highest BCUT2D eigenvalue weighted by Crippen LogP contribution is 2.26. The third-order valence-electron chi connectivity index (χ3n) is 5.51. The van der Waals surface area contributed by atoms with Crippen molar-refractivity contribution in [2.75, 3.05) is 25.4 Å². The van der Waals surface area contributed by atoms with Gasteiger partial charge in [0.1, 0.15) is 11.7 Å². The number of nitrogen functional groups attached to an aromatic ring is 1. The number of piperazine rings is 1. The molecule has 0 aliphatic carbocycles. The molecule has 7 nitrogen and oxygen atoms in total. The first-order valence-corrected chi connectivity index (χ1v) is 11.2. The van der Waals surface area contributed by atoms with Crippen molar-refractivity contribution in [1.82, 2.24) is 19.8 Å². The summed E-state index contributed by atoms with van der Waals surface area (Å²) in [4.78, 5) is 39.2. The van der Waals surface area contributed by atoms with Crippen LogP contribution in [0.5, 0.6) is 0 Å². The van der Waals surface area contributed by atoms with E-state index in [4.69, 9.17) is 5.73 Å². The minimum Gasteiger partial charge on any atom is -0.368 e. The number of nitrogens with two attached hydrogens (primary N) is 1. The molecule has 1 atom stereocenters. The second-order valence-corrected chi connectivity index (χ2v) is 8.51. The Kier molecular flexibility index (Phi) is 5.99. The number of aryl methyl sites for hydroxylation is 1. The summed E-state index contributed by atoms with van der Waals surface area (Å²) >= 11 is 1.69. The average Bonchev–Trinajstić information content (AvgIpc) is 3.29. The minimum absolute atomic E-state index is 0.0387. The molecule has 3 aromatic rings. The molecule has 2 amide bonds. The number of amides is 2. The number of hydrogen-bond donors (Lipinski definition) is 1. The second kappa shape index (κ2) is 8.85. The van der Waals surface area contributed by atoms with Crippen molar-refractivity contribution in [3.8, 4) is 10.4 Å². The highest BCUT2D eigenvalue weighted by molar-refractivity contribution is 7.13. The van der Waals surface area contributed by atoms with E-state index in [9.17, 15) is 9.59 Å². The quantitative estimate of drug-likeness (QED) is 0.665. The highest BCUT2D eigenvalue weighted by Gasteiger charge is 2.37. The zero-order valence-corrected chi connectivity index (χ0v) is 18.4. The van der Waals surface area contributed by atoms with Crippen LogP contribution in [0.1, 0.15) is 28.7 Å². The molecule has 0 radical (unpaired) electrons. The van der Waals surface area contributed by atoms with E-state index in [0.29, 0.717) is 31.7 Å². The lowest BCUT2D eigenvalue weighted by atomic mass is 9.99. The molecule has 0 spiro atoms. The van der Waals surface area contributed by atoms with Crippen LogP contribution in [0.15, 0.2) is 47.8 Å². The summed E-state index contributed by atoms with van der Waals surface area (Å²) in [5, 5.41) is 2.05. The molecule has 31 heavy (non-hydrogen) atoms. The maximum atomic E-state index is 13.3. The molecule has 160 valence electrons. The number of carbonyl (C=O) groups excluding carboxylic acids is 2. The summed E-state index contributed by atoms with van der Waals surface area (Å²) in [5.41, 5.74) is 8.74. The van der Waals surface area contributed by atoms with Gasteiger partial charge in [-0.25, -0.2) is 9.97 Å². The van der Waals surface area contributed by atoms with Crippen LogP contribution >= 0.6 is 11.3 Å².